The van der Waals surface area contributed by atoms with E-state index in [1.165, 1.54) is 19.3 Å². The molecule has 1 nitrogen and oxygen atoms in total. The summed E-state index contributed by atoms with van der Waals surface area (Å²) in [5, 5.41) is 0. The Balaban J connectivity index is 2.16. The monoisotopic (exact) mass is 148 g/mol. The third-order valence-corrected chi connectivity index (χ3v) is 2.16. The molecule has 2 rings (SSSR count). The second kappa shape index (κ2) is 2.95. The molecule has 1 unspecified atom stereocenters. The Morgan fingerprint density at radius 3 is 3.09 bits per heavy atom. The van der Waals surface area contributed by atoms with Crippen LogP contribution in [-0.2, 0) is 0 Å². The third kappa shape index (κ3) is 1.37. The molecule has 1 heteroatoms. The smallest absolute Gasteiger partial charge is 0.110 e. The molecule has 0 saturated carbocycles. The fourth-order valence-electron chi connectivity index (χ4n) is 1.55. The van der Waals surface area contributed by atoms with Crippen LogP contribution in [0.15, 0.2) is 35.0 Å². The standard InChI is InChI=1S/C10H12O/c1-2-5-9(6-3-1)10-7-4-8-11-10/h2,4-5,7-9H,1,3,6H2. The maximum Gasteiger partial charge on any atom is 0.110 e. The molecular formula is C10H12O. The average molecular weight is 148 g/mol. The summed E-state index contributed by atoms with van der Waals surface area (Å²) >= 11 is 0. The van der Waals surface area contributed by atoms with Gasteiger partial charge in [-0.25, -0.2) is 0 Å². The van der Waals surface area contributed by atoms with Crippen molar-refractivity contribution < 1.29 is 4.42 Å². The van der Waals surface area contributed by atoms with Crippen LogP contribution >= 0.6 is 0 Å². The third-order valence-electron chi connectivity index (χ3n) is 2.16. The minimum atomic E-state index is 0.541. The van der Waals surface area contributed by atoms with Gasteiger partial charge in [-0.1, -0.05) is 12.2 Å². The zero-order valence-corrected chi connectivity index (χ0v) is 6.49. The summed E-state index contributed by atoms with van der Waals surface area (Å²) in [4.78, 5) is 0. The maximum absolute atomic E-state index is 5.32. The van der Waals surface area contributed by atoms with Gasteiger partial charge in [0.1, 0.15) is 5.76 Å². The first kappa shape index (κ1) is 6.71. The highest BCUT2D eigenvalue weighted by Gasteiger charge is 2.12. The van der Waals surface area contributed by atoms with Crippen molar-refractivity contribution in [1.82, 2.24) is 0 Å². The molecule has 1 aromatic rings. The van der Waals surface area contributed by atoms with Crippen LogP contribution in [-0.4, -0.2) is 0 Å². The lowest BCUT2D eigenvalue weighted by Gasteiger charge is -2.12. The number of rotatable bonds is 1. The van der Waals surface area contributed by atoms with E-state index in [4.69, 9.17) is 4.42 Å². The first-order valence-corrected chi connectivity index (χ1v) is 4.17. The second-order valence-electron chi connectivity index (χ2n) is 2.98. The van der Waals surface area contributed by atoms with Gasteiger partial charge in [0.25, 0.3) is 0 Å². The van der Waals surface area contributed by atoms with Crippen LogP contribution in [0, 0.1) is 0 Å². The molecular weight excluding hydrogens is 136 g/mol. The molecule has 58 valence electrons. The lowest BCUT2D eigenvalue weighted by Crippen LogP contribution is -1.96. The molecule has 0 fully saturated rings. The van der Waals surface area contributed by atoms with Crippen LogP contribution in [0.3, 0.4) is 0 Å². The molecule has 1 heterocycles. The van der Waals surface area contributed by atoms with Crippen molar-refractivity contribution >= 4 is 0 Å². The van der Waals surface area contributed by atoms with Gasteiger partial charge in [-0.2, -0.15) is 0 Å². The number of allylic oxidation sites excluding steroid dienone is 2. The van der Waals surface area contributed by atoms with Crippen molar-refractivity contribution in [3.63, 3.8) is 0 Å². The van der Waals surface area contributed by atoms with Gasteiger partial charge in [0, 0.05) is 5.92 Å². The second-order valence-corrected chi connectivity index (χ2v) is 2.98. The highest BCUT2D eigenvalue weighted by atomic mass is 16.3. The predicted octanol–water partition coefficient (Wildman–Crippen LogP) is 3.10. The molecule has 1 aliphatic carbocycles. The molecule has 0 aromatic carbocycles. The van der Waals surface area contributed by atoms with Gasteiger partial charge in [0.2, 0.25) is 0 Å². The molecule has 0 radical (unpaired) electrons. The SMILES string of the molecule is C1=CC(c2ccco2)CCC1. The van der Waals surface area contributed by atoms with E-state index in [1.807, 2.05) is 6.07 Å². The van der Waals surface area contributed by atoms with Crippen LogP contribution in [0.4, 0.5) is 0 Å². The molecule has 1 atom stereocenters. The van der Waals surface area contributed by atoms with Gasteiger partial charge in [0.05, 0.1) is 6.26 Å². The average Bonchev–Trinajstić information content (AvgIpc) is 2.58. The zero-order valence-electron chi connectivity index (χ0n) is 6.49. The van der Waals surface area contributed by atoms with Gasteiger partial charge >= 0.3 is 0 Å². The first-order chi connectivity index (χ1) is 5.47. The van der Waals surface area contributed by atoms with Crippen molar-refractivity contribution in [2.75, 3.05) is 0 Å². The summed E-state index contributed by atoms with van der Waals surface area (Å²) in [6.45, 7) is 0. The minimum Gasteiger partial charge on any atom is -0.469 e. The molecule has 0 aliphatic heterocycles. The largest absolute Gasteiger partial charge is 0.469 e. The van der Waals surface area contributed by atoms with Crippen molar-refractivity contribution in [1.29, 1.82) is 0 Å². The lowest BCUT2D eigenvalue weighted by atomic mass is 9.94. The molecule has 0 saturated heterocycles. The van der Waals surface area contributed by atoms with E-state index in [-0.39, 0.29) is 0 Å². The van der Waals surface area contributed by atoms with Crippen molar-refractivity contribution in [2.24, 2.45) is 0 Å². The summed E-state index contributed by atoms with van der Waals surface area (Å²) in [7, 11) is 0. The molecule has 0 amide bonds. The Labute approximate surface area is 66.7 Å². The van der Waals surface area contributed by atoms with Crippen molar-refractivity contribution in [3.05, 3.63) is 36.3 Å². The highest BCUT2D eigenvalue weighted by molar-refractivity contribution is 5.14. The fraction of sp³-hybridized carbons (Fsp3) is 0.400. The number of hydrogen-bond donors (Lipinski definition) is 0. The normalized spacial score (nSPS) is 23.8. The Bertz CT molecular complexity index is 233. The van der Waals surface area contributed by atoms with Crippen LogP contribution < -0.4 is 0 Å². The Morgan fingerprint density at radius 1 is 1.45 bits per heavy atom. The fourth-order valence-corrected chi connectivity index (χ4v) is 1.55. The molecule has 0 spiro atoms. The molecule has 1 aliphatic rings. The van der Waals surface area contributed by atoms with Crippen LogP contribution in [0.2, 0.25) is 0 Å². The summed E-state index contributed by atoms with van der Waals surface area (Å²) in [5.41, 5.74) is 0. The maximum atomic E-state index is 5.32. The first-order valence-electron chi connectivity index (χ1n) is 4.17. The van der Waals surface area contributed by atoms with Crippen molar-refractivity contribution in [3.8, 4) is 0 Å². The van der Waals surface area contributed by atoms with Crippen molar-refractivity contribution in [2.45, 2.75) is 25.2 Å². The molecule has 0 N–H and O–H groups in total. The molecule has 0 bridgehead atoms. The zero-order chi connectivity index (χ0) is 7.52. The number of furan rings is 1. The van der Waals surface area contributed by atoms with E-state index in [1.54, 1.807) is 6.26 Å². The topological polar surface area (TPSA) is 13.1 Å². The number of hydrogen-bond acceptors (Lipinski definition) is 1. The van der Waals surface area contributed by atoms with Gasteiger partial charge < -0.3 is 4.42 Å². The summed E-state index contributed by atoms with van der Waals surface area (Å²) in [6, 6.07) is 4.01. The summed E-state index contributed by atoms with van der Waals surface area (Å²) in [6.07, 6.45) is 10.0. The highest BCUT2D eigenvalue weighted by Crippen LogP contribution is 2.27. The Hall–Kier alpha value is -0.980. The van der Waals surface area contributed by atoms with E-state index in [2.05, 4.69) is 18.2 Å². The van der Waals surface area contributed by atoms with Gasteiger partial charge in [0.15, 0.2) is 0 Å². The van der Waals surface area contributed by atoms with E-state index >= 15 is 0 Å². The molecule has 11 heavy (non-hydrogen) atoms. The van der Waals surface area contributed by atoms with E-state index in [9.17, 15) is 0 Å². The quantitative estimate of drug-likeness (QED) is 0.558. The Morgan fingerprint density at radius 2 is 2.45 bits per heavy atom. The van der Waals surface area contributed by atoms with Crippen LogP contribution in [0.25, 0.3) is 0 Å². The van der Waals surface area contributed by atoms with Crippen LogP contribution in [0.5, 0.6) is 0 Å². The van der Waals surface area contributed by atoms with Gasteiger partial charge in [-0.15, -0.1) is 0 Å². The van der Waals surface area contributed by atoms with E-state index in [0.717, 1.165) is 5.76 Å². The Kier molecular flexibility index (Phi) is 1.80. The van der Waals surface area contributed by atoms with Gasteiger partial charge in [-0.05, 0) is 31.4 Å². The summed E-state index contributed by atoms with van der Waals surface area (Å²) < 4.78 is 5.32. The van der Waals surface area contributed by atoms with E-state index in [0.29, 0.717) is 5.92 Å². The lowest BCUT2D eigenvalue weighted by molar-refractivity contribution is 0.468. The summed E-state index contributed by atoms with van der Waals surface area (Å²) in [5.74, 6) is 1.65. The van der Waals surface area contributed by atoms with Crippen LogP contribution in [0.1, 0.15) is 30.9 Å². The van der Waals surface area contributed by atoms with Gasteiger partial charge in [-0.3, -0.25) is 0 Å². The van der Waals surface area contributed by atoms with E-state index < -0.39 is 0 Å². The predicted molar refractivity (Wildman–Crippen MR) is 44.4 cm³/mol. The molecule has 1 aromatic heterocycles. The minimum absolute atomic E-state index is 0.541.